The van der Waals surface area contributed by atoms with Gasteiger partial charge in [0.05, 0.1) is 0 Å². The lowest BCUT2D eigenvalue weighted by Crippen LogP contribution is -2.51. The first kappa shape index (κ1) is 15.2. The van der Waals surface area contributed by atoms with Crippen LogP contribution in [0, 0.1) is 0 Å². The highest BCUT2D eigenvalue weighted by Crippen LogP contribution is 2.23. The van der Waals surface area contributed by atoms with Gasteiger partial charge in [-0.15, -0.1) is 0 Å². The highest BCUT2D eigenvalue weighted by atomic mass is 16.5. The lowest BCUT2D eigenvalue weighted by Gasteiger charge is -2.35. The summed E-state index contributed by atoms with van der Waals surface area (Å²) in [6.45, 7) is 5.90. The molecule has 4 nitrogen and oxygen atoms in total. The van der Waals surface area contributed by atoms with E-state index in [1.165, 1.54) is 0 Å². The van der Waals surface area contributed by atoms with E-state index in [2.05, 4.69) is 0 Å². The van der Waals surface area contributed by atoms with Crippen LogP contribution >= 0.6 is 0 Å². The first-order chi connectivity index (χ1) is 8.38. The van der Waals surface area contributed by atoms with E-state index < -0.39 is 5.60 Å². The average molecular weight is 255 g/mol. The number of hydrogen-bond donors (Lipinski definition) is 0. The molecule has 1 unspecified atom stereocenters. The van der Waals surface area contributed by atoms with Gasteiger partial charge in [0.2, 0.25) is 0 Å². The molecular formula is C14H25NO3. The third-order valence-electron chi connectivity index (χ3n) is 3.69. The van der Waals surface area contributed by atoms with Crippen LogP contribution in [0.2, 0.25) is 0 Å². The predicted molar refractivity (Wildman–Crippen MR) is 70.4 cm³/mol. The van der Waals surface area contributed by atoms with Crippen LogP contribution in [0.4, 0.5) is 0 Å². The fourth-order valence-electron chi connectivity index (χ4n) is 2.42. The molecule has 1 amide bonds. The lowest BCUT2D eigenvalue weighted by atomic mass is 10.0. The maximum atomic E-state index is 12.5. The minimum Gasteiger partial charge on any atom is -0.369 e. The predicted octanol–water partition coefficient (Wildman–Crippen LogP) is 2.16. The second kappa shape index (κ2) is 6.32. The third kappa shape index (κ3) is 3.80. The van der Waals surface area contributed by atoms with Crippen LogP contribution in [0.15, 0.2) is 0 Å². The Hall–Kier alpha value is -0.900. The number of carbonyl (C=O) groups is 2. The van der Waals surface area contributed by atoms with Crippen LogP contribution in [0.1, 0.15) is 52.9 Å². The molecule has 0 aliphatic carbocycles. The summed E-state index contributed by atoms with van der Waals surface area (Å²) >= 11 is 0. The second-order valence-electron chi connectivity index (χ2n) is 5.62. The molecular weight excluding hydrogens is 230 g/mol. The normalized spacial score (nSPS) is 21.6. The maximum Gasteiger partial charge on any atom is 0.254 e. The van der Waals surface area contributed by atoms with Crippen LogP contribution in [0.25, 0.3) is 0 Å². The molecule has 1 atom stereocenters. The van der Waals surface area contributed by atoms with Crippen molar-refractivity contribution in [2.75, 3.05) is 13.7 Å². The Balaban J connectivity index is 2.85. The Kier molecular flexibility index (Phi) is 5.32. The number of Topliss-reactive ketones (excluding diaryl/α,β-unsaturated/α-hetero) is 1. The summed E-state index contributed by atoms with van der Waals surface area (Å²) in [6.07, 6.45) is 4.62. The molecule has 1 aliphatic heterocycles. The van der Waals surface area contributed by atoms with Crippen LogP contribution < -0.4 is 0 Å². The van der Waals surface area contributed by atoms with Gasteiger partial charge in [-0.1, -0.05) is 12.8 Å². The Morgan fingerprint density at radius 1 is 1.28 bits per heavy atom. The van der Waals surface area contributed by atoms with E-state index in [1.807, 2.05) is 4.90 Å². The summed E-state index contributed by atoms with van der Waals surface area (Å²) in [5.41, 5.74) is -0.806. The van der Waals surface area contributed by atoms with E-state index in [0.717, 1.165) is 32.2 Å². The van der Waals surface area contributed by atoms with Gasteiger partial charge in [-0.25, -0.2) is 0 Å². The minimum atomic E-state index is -0.806. The summed E-state index contributed by atoms with van der Waals surface area (Å²) < 4.78 is 5.27. The van der Waals surface area contributed by atoms with Crippen LogP contribution in [-0.4, -0.2) is 41.9 Å². The fourth-order valence-corrected chi connectivity index (χ4v) is 2.42. The van der Waals surface area contributed by atoms with Crippen LogP contribution in [0.3, 0.4) is 0 Å². The van der Waals surface area contributed by atoms with Crippen LogP contribution in [-0.2, 0) is 14.3 Å². The summed E-state index contributed by atoms with van der Waals surface area (Å²) in [4.78, 5) is 25.7. The van der Waals surface area contributed by atoms with Gasteiger partial charge in [0, 0.05) is 26.1 Å². The van der Waals surface area contributed by atoms with E-state index in [4.69, 9.17) is 4.74 Å². The number of methoxy groups -OCH3 is 1. The molecule has 1 rings (SSSR count). The number of ether oxygens (including phenoxy) is 1. The molecule has 104 valence electrons. The fraction of sp³-hybridized carbons (Fsp3) is 0.857. The summed E-state index contributed by atoms with van der Waals surface area (Å²) in [5.74, 6) is 0.146. The quantitative estimate of drug-likeness (QED) is 0.773. The molecule has 0 bridgehead atoms. The Labute approximate surface area is 110 Å². The van der Waals surface area contributed by atoms with Crippen molar-refractivity contribution in [1.29, 1.82) is 0 Å². The van der Waals surface area contributed by atoms with Gasteiger partial charge in [-0.2, -0.15) is 0 Å². The Bertz CT molecular complexity index is 312. The van der Waals surface area contributed by atoms with E-state index in [-0.39, 0.29) is 17.7 Å². The molecule has 0 N–H and O–H groups in total. The molecule has 1 aliphatic rings. The summed E-state index contributed by atoms with van der Waals surface area (Å²) in [7, 11) is 1.55. The van der Waals surface area contributed by atoms with E-state index >= 15 is 0 Å². The average Bonchev–Trinajstić information content (AvgIpc) is 2.52. The van der Waals surface area contributed by atoms with E-state index in [1.54, 1.807) is 27.9 Å². The SMILES string of the molecule is COC(C)(C)C(=O)N1CCCCCC1CC(C)=O. The van der Waals surface area contributed by atoms with Crippen molar-refractivity contribution in [2.45, 2.75) is 64.5 Å². The lowest BCUT2D eigenvalue weighted by molar-refractivity contribution is -0.153. The zero-order valence-electron chi connectivity index (χ0n) is 12.0. The standard InChI is InChI=1S/C14H25NO3/c1-11(16)10-12-8-6-5-7-9-15(12)13(17)14(2,3)18-4/h12H,5-10H2,1-4H3. The van der Waals surface area contributed by atoms with Gasteiger partial charge in [-0.05, 0) is 33.6 Å². The molecule has 1 heterocycles. The summed E-state index contributed by atoms with van der Waals surface area (Å²) in [6, 6.07) is 0.0481. The molecule has 0 saturated carbocycles. The van der Waals surface area contributed by atoms with Crippen molar-refractivity contribution in [3.05, 3.63) is 0 Å². The number of carbonyl (C=O) groups excluding carboxylic acids is 2. The van der Waals surface area contributed by atoms with Crippen molar-refractivity contribution in [2.24, 2.45) is 0 Å². The second-order valence-corrected chi connectivity index (χ2v) is 5.62. The van der Waals surface area contributed by atoms with Gasteiger partial charge >= 0.3 is 0 Å². The Morgan fingerprint density at radius 3 is 2.50 bits per heavy atom. The minimum absolute atomic E-state index is 0.00171. The number of amides is 1. The van der Waals surface area contributed by atoms with Gasteiger partial charge in [-0.3, -0.25) is 9.59 Å². The molecule has 1 saturated heterocycles. The molecule has 0 radical (unpaired) electrons. The number of ketones is 1. The van der Waals surface area contributed by atoms with Crippen molar-refractivity contribution >= 4 is 11.7 Å². The topological polar surface area (TPSA) is 46.6 Å². The molecule has 4 heteroatoms. The number of likely N-dealkylation sites (tertiary alicyclic amines) is 1. The number of nitrogens with zero attached hydrogens (tertiary/aromatic N) is 1. The van der Waals surface area contributed by atoms with Gasteiger partial charge in [0.25, 0.3) is 5.91 Å². The maximum absolute atomic E-state index is 12.5. The van der Waals surface area contributed by atoms with E-state index in [0.29, 0.717) is 6.42 Å². The molecule has 0 spiro atoms. The monoisotopic (exact) mass is 255 g/mol. The zero-order valence-corrected chi connectivity index (χ0v) is 12.0. The van der Waals surface area contributed by atoms with Crippen LogP contribution in [0.5, 0.6) is 0 Å². The molecule has 0 aromatic rings. The van der Waals surface area contributed by atoms with Crippen molar-refractivity contribution in [1.82, 2.24) is 4.90 Å². The molecule has 0 aromatic carbocycles. The van der Waals surface area contributed by atoms with E-state index in [9.17, 15) is 9.59 Å². The third-order valence-corrected chi connectivity index (χ3v) is 3.69. The first-order valence-corrected chi connectivity index (χ1v) is 6.74. The molecule has 0 aromatic heterocycles. The van der Waals surface area contributed by atoms with Gasteiger partial charge in [0.15, 0.2) is 0 Å². The number of hydrogen-bond acceptors (Lipinski definition) is 3. The van der Waals surface area contributed by atoms with Crippen molar-refractivity contribution in [3.63, 3.8) is 0 Å². The molecule has 1 fully saturated rings. The highest BCUT2D eigenvalue weighted by Gasteiger charge is 2.36. The highest BCUT2D eigenvalue weighted by molar-refractivity contribution is 5.85. The summed E-state index contributed by atoms with van der Waals surface area (Å²) in [5, 5.41) is 0. The number of rotatable bonds is 4. The first-order valence-electron chi connectivity index (χ1n) is 6.74. The smallest absolute Gasteiger partial charge is 0.254 e. The zero-order chi connectivity index (χ0) is 13.8. The van der Waals surface area contributed by atoms with Crippen molar-refractivity contribution in [3.8, 4) is 0 Å². The van der Waals surface area contributed by atoms with Crippen molar-refractivity contribution < 1.29 is 14.3 Å². The van der Waals surface area contributed by atoms with Gasteiger partial charge in [0.1, 0.15) is 11.4 Å². The molecule has 18 heavy (non-hydrogen) atoms. The Morgan fingerprint density at radius 2 is 1.94 bits per heavy atom. The van der Waals surface area contributed by atoms with Gasteiger partial charge < -0.3 is 9.64 Å². The largest absolute Gasteiger partial charge is 0.369 e.